The lowest BCUT2D eigenvalue weighted by Gasteiger charge is -2.25. The van der Waals surface area contributed by atoms with Gasteiger partial charge in [-0.1, -0.05) is 35.9 Å². The molecule has 0 aromatic heterocycles. The van der Waals surface area contributed by atoms with Crippen LogP contribution in [0.25, 0.3) is 0 Å². The first kappa shape index (κ1) is 12.6. The highest BCUT2D eigenvalue weighted by atomic mass is 35.5. The van der Waals surface area contributed by atoms with Crippen LogP contribution in [-0.4, -0.2) is 6.54 Å². The largest absolute Gasteiger partial charge is 0.336 e. The Hall–Kier alpha value is -1.38. The van der Waals surface area contributed by atoms with E-state index >= 15 is 0 Å². The van der Waals surface area contributed by atoms with Crippen molar-refractivity contribution in [2.24, 2.45) is 0 Å². The van der Waals surface area contributed by atoms with E-state index in [1.54, 1.807) is 0 Å². The van der Waals surface area contributed by atoms with Crippen molar-refractivity contribution in [1.82, 2.24) is 0 Å². The molecule has 0 saturated heterocycles. The van der Waals surface area contributed by atoms with Crippen molar-refractivity contribution in [3.05, 3.63) is 65.7 Å². The number of para-hydroxylation sites is 1. The highest BCUT2D eigenvalue weighted by molar-refractivity contribution is 7.98. The summed E-state index contributed by atoms with van der Waals surface area (Å²) in [5.74, 6) is 0.985. The van der Waals surface area contributed by atoms with Crippen LogP contribution in [0.1, 0.15) is 5.56 Å². The molecule has 1 heterocycles. The molecule has 19 heavy (non-hydrogen) atoms. The minimum absolute atomic E-state index is 0.771. The highest BCUT2D eigenvalue weighted by Crippen LogP contribution is 2.43. The SMILES string of the molecule is C=CCN1c2ccccc2CSc2ccc(Cl)cc21. The first-order valence-electron chi connectivity index (χ1n) is 6.18. The van der Waals surface area contributed by atoms with Crippen LogP contribution in [0.3, 0.4) is 0 Å². The predicted molar refractivity (Wildman–Crippen MR) is 84.7 cm³/mol. The molecule has 0 radical (unpaired) electrons. The fourth-order valence-electron chi connectivity index (χ4n) is 2.33. The Kier molecular flexibility index (Phi) is 3.54. The summed E-state index contributed by atoms with van der Waals surface area (Å²) in [6.45, 7) is 4.65. The lowest BCUT2D eigenvalue weighted by Crippen LogP contribution is -2.17. The second kappa shape index (κ2) is 5.32. The molecule has 0 atom stereocenters. The fourth-order valence-corrected chi connectivity index (χ4v) is 3.53. The number of anilines is 2. The van der Waals surface area contributed by atoms with Gasteiger partial charge < -0.3 is 4.90 Å². The first-order chi connectivity index (χ1) is 9.29. The number of rotatable bonds is 2. The summed E-state index contributed by atoms with van der Waals surface area (Å²) in [5.41, 5.74) is 3.76. The Balaban J connectivity index is 2.19. The molecule has 0 unspecified atom stereocenters. The van der Waals surface area contributed by atoms with Crippen LogP contribution >= 0.6 is 23.4 Å². The second-order valence-electron chi connectivity index (χ2n) is 4.43. The van der Waals surface area contributed by atoms with Crippen molar-refractivity contribution >= 4 is 34.7 Å². The summed E-state index contributed by atoms with van der Waals surface area (Å²) < 4.78 is 0. The van der Waals surface area contributed by atoms with E-state index < -0.39 is 0 Å². The molecular formula is C16H14ClNS. The third-order valence-corrected chi connectivity index (χ3v) is 4.54. The molecule has 3 rings (SSSR count). The van der Waals surface area contributed by atoms with Crippen LogP contribution in [0.2, 0.25) is 5.02 Å². The number of halogens is 1. The molecule has 0 saturated carbocycles. The number of fused-ring (bicyclic) bond motifs is 2. The molecule has 0 aliphatic carbocycles. The summed E-state index contributed by atoms with van der Waals surface area (Å²) in [6, 6.07) is 14.6. The minimum atomic E-state index is 0.771. The first-order valence-corrected chi connectivity index (χ1v) is 7.54. The van der Waals surface area contributed by atoms with Crippen LogP contribution in [0, 0.1) is 0 Å². The van der Waals surface area contributed by atoms with E-state index in [4.69, 9.17) is 11.6 Å². The van der Waals surface area contributed by atoms with Crippen molar-refractivity contribution in [3.8, 4) is 0 Å². The zero-order valence-corrected chi connectivity index (χ0v) is 12.0. The van der Waals surface area contributed by atoms with Crippen LogP contribution in [-0.2, 0) is 5.75 Å². The van der Waals surface area contributed by atoms with Gasteiger partial charge in [0.05, 0.1) is 5.69 Å². The molecule has 1 nitrogen and oxygen atoms in total. The topological polar surface area (TPSA) is 3.24 Å². The van der Waals surface area contributed by atoms with Crippen LogP contribution < -0.4 is 4.90 Å². The minimum Gasteiger partial charge on any atom is -0.336 e. The van der Waals surface area contributed by atoms with E-state index in [0.717, 1.165) is 17.3 Å². The Bertz CT molecular complexity index is 624. The molecule has 0 fully saturated rings. The van der Waals surface area contributed by atoms with Crippen molar-refractivity contribution < 1.29 is 0 Å². The number of hydrogen-bond donors (Lipinski definition) is 0. The van der Waals surface area contributed by atoms with Crippen LogP contribution in [0.15, 0.2) is 60.0 Å². The predicted octanol–water partition coefficient (Wildman–Crippen LogP) is 5.27. The number of benzene rings is 2. The third-order valence-electron chi connectivity index (χ3n) is 3.19. The van der Waals surface area contributed by atoms with Gasteiger partial charge in [-0.3, -0.25) is 0 Å². The van der Waals surface area contributed by atoms with E-state index in [0.29, 0.717) is 0 Å². The van der Waals surface area contributed by atoms with E-state index in [2.05, 4.69) is 41.8 Å². The van der Waals surface area contributed by atoms with Gasteiger partial charge in [0.15, 0.2) is 0 Å². The Labute approximate surface area is 122 Å². The van der Waals surface area contributed by atoms with Crippen molar-refractivity contribution in [2.45, 2.75) is 10.6 Å². The summed E-state index contributed by atoms with van der Waals surface area (Å²) in [4.78, 5) is 3.55. The molecule has 0 spiro atoms. The molecule has 0 amide bonds. The maximum atomic E-state index is 6.16. The Morgan fingerprint density at radius 1 is 1.21 bits per heavy atom. The summed E-state index contributed by atoms with van der Waals surface area (Å²) in [7, 11) is 0. The average molecular weight is 288 g/mol. The van der Waals surface area contributed by atoms with Crippen LogP contribution in [0.4, 0.5) is 11.4 Å². The quantitative estimate of drug-likeness (QED) is 0.692. The normalized spacial score (nSPS) is 13.4. The Morgan fingerprint density at radius 3 is 2.89 bits per heavy atom. The van der Waals surface area contributed by atoms with Crippen molar-refractivity contribution in [3.63, 3.8) is 0 Å². The molecular weight excluding hydrogens is 274 g/mol. The maximum Gasteiger partial charge on any atom is 0.0566 e. The molecule has 0 bridgehead atoms. The van der Waals surface area contributed by atoms with E-state index in [1.165, 1.54) is 21.8 Å². The highest BCUT2D eigenvalue weighted by Gasteiger charge is 2.19. The van der Waals surface area contributed by atoms with Gasteiger partial charge in [0.1, 0.15) is 0 Å². The van der Waals surface area contributed by atoms with Gasteiger partial charge in [0, 0.05) is 27.9 Å². The second-order valence-corrected chi connectivity index (χ2v) is 5.88. The van der Waals surface area contributed by atoms with Crippen molar-refractivity contribution in [1.29, 1.82) is 0 Å². The van der Waals surface area contributed by atoms with Gasteiger partial charge in [-0.25, -0.2) is 0 Å². The van der Waals surface area contributed by atoms with E-state index in [9.17, 15) is 0 Å². The summed E-state index contributed by atoms with van der Waals surface area (Å²) in [5, 5.41) is 0.771. The molecule has 0 N–H and O–H groups in total. The monoisotopic (exact) mass is 287 g/mol. The average Bonchev–Trinajstić information content (AvgIpc) is 2.58. The zero-order valence-electron chi connectivity index (χ0n) is 10.5. The number of nitrogens with zero attached hydrogens (tertiary/aromatic N) is 1. The number of hydrogen-bond acceptors (Lipinski definition) is 2. The zero-order chi connectivity index (χ0) is 13.2. The lowest BCUT2D eigenvalue weighted by atomic mass is 10.1. The Morgan fingerprint density at radius 2 is 2.05 bits per heavy atom. The van der Waals surface area contributed by atoms with Gasteiger partial charge >= 0.3 is 0 Å². The van der Waals surface area contributed by atoms with Gasteiger partial charge in [-0.05, 0) is 29.8 Å². The third kappa shape index (κ3) is 2.38. The van der Waals surface area contributed by atoms with Crippen LogP contribution in [0.5, 0.6) is 0 Å². The fraction of sp³-hybridized carbons (Fsp3) is 0.125. The molecule has 2 aromatic rings. The molecule has 1 aliphatic heterocycles. The van der Waals surface area contributed by atoms with Gasteiger partial charge in [-0.15, -0.1) is 18.3 Å². The van der Waals surface area contributed by atoms with Gasteiger partial charge in [0.25, 0.3) is 0 Å². The summed E-state index contributed by atoms with van der Waals surface area (Å²) >= 11 is 8.02. The van der Waals surface area contributed by atoms with Crippen molar-refractivity contribution in [2.75, 3.05) is 11.4 Å². The molecule has 2 aromatic carbocycles. The van der Waals surface area contributed by atoms with E-state index in [1.807, 2.05) is 30.0 Å². The summed E-state index contributed by atoms with van der Waals surface area (Å²) in [6.07, 6.45) is 1.93. The smallest absolute Gasteiger partial charge is 0.0566 e. The lowest BCUT2D eigenvalue weighted by molar-refractivity contribution is 1.07. The standard InChI is InChI=1S/C16H14ClNS/c1-2-9-18-14-6-4-3-5-12(14)11-19-16-8-7-13(17)10-15(16)18/h2-8,10H,1,9,11H2. The molecule has 3 heteroatoms. The number of thioether (sulfide) groups is 1. The van der Waals surface area contributed by atoms with E-state index in [-0.39, 0.29) is 0 Å². The van der Waals surface area contributed by atoms with Gasteiger partial charge in [0.2, 0.25) is 0 Å². The molecule has 96 valence electrons. The maximum absolute atomic E-state index is 6.16. The molecule has 1 aliphatic rings. The van der Waals surface area contributed by atoms with Gasteiger partial charge in [-0.2, -0.15) is 0 Å².